The van der Waals surface area contributed by atoms with Crippen molar-refractivity contribution in [3.8, 4) is 0 Å². The van der Waals surface area contributed by atoms with Gasteiger partial charge in [0.15, 0.2) is 6.04 Å². The summed E-state index contributed by atoms with van der Waals surface area (Å²) in [7, 11) is 1.34. The standard InChI is InChI=1S/C11H14FNO3/c1-16-8-10(11(14)15)13(12)7-9-5-3-2-4-6-9/h2-6,10H,7-8H2,1H3,(H,14,15). The van der Waals surface area contributed by atoms with E-state index in [0.717, 1.165) is 0 Å². The highest BCUT2D eigenvalue weighted by Gasteiger charge is 2.25. The number of ether oxygens (including phenoxy) is 1. The summed E-state index contributed by atoms with van der Waals surface area (Å²) in [6.45, 7) is -0.250. The maximum absolute atomic E-state index is 13.6. The SMILES string of the molecule is COCC(C(=O)O)N(F)Cc1ccccc1. The van der Waals surface area contributed by atoms with Gasteiger partial charge in [-0.3, -0.25) is 4.79 Å². The molecule has 0 aromatic heterocycles. The van der Waals surface area contributed by atoms with Gasteiger partial charge in [0, 0.05) is 7.11 Å². The Morgan fingerprint density at radius 3 is 2.62 bits per heavy atom. The Labute approximate surface area is 93.2 Å². The summed E-state index contributed by atoms with van der Waals surface area (Å²) < 4.78 is 18.2. The van der Waals surface area contributed by atoms with Crippen LogP contribution in [0.3, 0.4) is 0 Å². The molecule has 1 aromatic rings. The van der Waals surface area contributed by atoms with Crippen LogP contribution in [0.4, 0.5) is 4.48 Å². The molecule has 1 rings (SSSR count). The molecule has 0 bridgehead atoms. The van der Waals surface area contributed by atoms with E-state index in [1.807, 2.05) is 6.07 Å². The smallest absolute Gasteiger partial charge is 0.326 e. The first-order chi connectivity index (χ1) is 7.65. The Morgan fingerprint density at radius 1 is 1.50 bits per heavy atom. The molecule has 0 aliphatic heterocycles. The minimum atomic E-state index is -1.27. The number of nitrogens with zero attached hydrogens (tertiary/aromatic N) is 1. The van der Waals surface area contributed by atoms with Crippen molar-refractivity contribution in [1.29, 1.82) is 0 Å². The fraction of sp³-hybridized carbons (Fsp3) is 0.364. The molecule has 1 aromatic carbocycles. The van der Waals surface area contributed by atoms with Gasteiger partial charge in [0.05, 0.1) is 13.2 Å². The third-order valence-corrected chi connectivity index (χ3v) is 2.12. The Bertz CT molecular complexity index is 331. The first-order valence-electron chi connectivity index (χ1n) is 4.83. The van der Waals surface area contributed by atoms with Crippen LogP contribution in [0.5, 0.6) is 0 Å². The van der Waals surface area contributed by atoms with Crippen LogP contribution in [0.2, 0.25) is 0 Å². The highest BCUT2D eigenvalue weighted by molar-refractivity contribution is 5.73. The Hall–Kier alpha value is -1.46. The van der Waals surface area contributed by atoms with Crippen LogP contribution < -0.4 is 0 Å². The van der Waals surface area contributed by atoms with Gasteiger partial charge in [0.25, 0.3) is 0 Å². The van der Waals surface area contributed by atoms with Gasteiger partial charge in [-0.2, -0.15) is 0 Å². The number of aliphatic carboxylic acids is 1. The summed E-state index contributed by atoms with van der Waals surface area (Å²) in [6.07, 6.45) is 0. The van der Waals surface area contributed by atoms with Crippen molar-refractivity contribution in [2.45, 2.75) is 12.6 Å². The van der Waals surface area contributed by atoms with Crippen LogP contribution in [-0.2, 0) is 16.1 Å². The molecule has 16 heavy (non-hydrogen) atoms. The molecule has 0 radical (unpaired) electrons. The van der Waals surface area contributed by atoms with Gasteiger partial charge in [0.1, 0.15) is 0 Å². The van der Waals surface area contributed by atoms with E-state index in [9.17, 15) is 9.28 Å². The zero-order valence-electron chi connectivity index (χ0n) is 8.97. The molecule has 0 saturated heterocycles. The molecule has 1 unspecified atom stereocenters. The second kappa shape index (κ2) is 6.19. The van der Waals surface area contributed by atoms with E-state index in [0.29, 0.717) is 5.56 Å². The van der Waals surface area contributed by atoms with Gasteiger partial charge < -0.3 is 9.84 Å². The molecular formula is C11H14FNO3. The first kappa shape index (κ1) is 12.6. The monoisotopic (exact) mass is 227 g/mol. The summed E-state index contributed by atoms with van der Waals surface area (Å²) in [4.78, 5) is 10.8. The van der Waals surface area contributed by atoms with Gasteiger partial charge in [-0.1, -0.05) is 30.3 Å². The highest BCUT2D eigenvalue weighted by Crippen LogP contribution is 2.09. The quantitative estimate of drug-likeness (QED) is 0.748. The van der Waals surface area contributed by atoms with Gasteiger partial charge in [-0.05, 0) is 5.56 Å². The molecule has 5 heteroatoms. The maximum Gasteiger partial charge on any atom is 0.326 e. The second-order valence-electron chi connectivity index (χ2n) is 3.35. The number of methoxy groups -OCH3 is 1. The van der Waals surface area contributed by atoms with Crippen LogP contribution in [0.1, 0.15) is 5.56 Å². The maximum atomic E-state index is 13.6. The first-order valence-corrected chi connectivity index (χ1v) is 4.83. The van der Waals surface area contributed by atoms with E-state index in [1.165, 1.54) is 7.11 Å². The molecule has 88 valence electrons. The molecule has 0 heterocycles. The third-order valence-electron chi connectivity index (χ3n) is 2.12. The number of carbonyl (C=O) groups is 1. The van der Waals surface area contributed by atoms with E-state index in [2.05, 4.69) is 4.74 Å². The summed E-state index contributed by atoms with van der Waals surface area (Å²) in [5.74, 6) is -1.24. The van der Waals surface area contributed by atoms with E-state index in [1.54, 1.807) is 24.3 Å². The summed E-state index contributed by atoms with van der Waals surface area (Å²) >= 11 is 0. The molecule has 0 aliphatic carbocycles. The molecule has 0 aliphatic rings. The van der Waals surface area contributed by atoms with Crippen molar-refractivity contribution in [1.82, 2.24) is 5.12 Å². The summed E-state index contributed by atoms with van der Waals surface area (Å²) in [5.41, 5.74) is 0.715. The van der Waals surface area contributed by atoms with Crippen molar-refractivity contribution in [3.05, 3.63) is 35.9 Å². The van der Waals surface area contributed by atoms with Crippen molar-refractivity contribution in [2.75, 3.05) is 13.7 Å². The van der Waals surface area contributed by atoms with Crippen molar-refractivity contribution in [3.63, 3.8) is 0 Å². The fourth-order valence-corrected chi connectivity index (χ4v) is 1.30. The lowest BCUT2D eigenvalue weighted by atomic mass is 10.2. The van der Waals surface area contributed by atoms with E-state index < -0.39 is 12.0 Å². The van der Waals surface area contributed by atoms with Crippen molar-refractivity contribution >= 4 is 5.97 Å². The number of rotatable bonds is 6. The molecule has 0 amide bonds. The van der Waals surface area contributed by atoms with Crippen molar-refractivity contribution < 1.29 is 19.1 Å². The average molecular weight is 227 g/mol. The Kier molecular flexibility index (Phi) is 4.88. The van der Waals surface area contributed by atoms with E-state index in [4.69, 9.17) is 5.11 Å². The lowest BCUT2D eigenvalue weighted by molar-refractivity contribution is -0.156. The number of hydrogen-bond donors (Lipinski definition) is 1. The lowest BCUT2D eigenvalue weighted by Gasteiger charge is -2.19. The van der Waals surface area contributed by atoms with Gasteiger partial charge in [-0.25, -0.2) is 0 Å². The number of carboxylic acid groups (broad SMARTS) is 1. The van der Waals surface area contributed by atoms with E-state index in [-0.39, 0.29) is 18.3 Å². The number of benzene rings is 1. The van der Waals surface area contributed by atoms with Crippen molar-refractivity contribution in [2.24, 2.45) is 0 Å². The minimum absolute atomic E-state index is 0.0683. The van der Waals surface area contributed by atoms with Crippen LogP contribution >= 0.6 is 0 Å². The second-order valence-corrected chi connectivity index (χ2v) is 3.35. The van der Waals surface area contributed by atoms with Crippen LogP contribution in [-0.4, -0.2) is 36.0 Å². The van der Waals surface area contributed by atoms with E-state index >= 15 is 0 Å². The van der Waals surface area contributed by atoms with Crippen LogP contribution in [0.15, 0.2) is 30.3 Å². The summed E-state index contributed by atoms with van der Waals surface area (Å²) in [5, 5.41) is 9.06. The molecular weight excluding hydrogens is 213 g/mol. The molecule has 1 atom stereocenters. The largest absolute Gasteiger partial charge is 0.480 e. The van der Waals surface area contributed by atoms with Crippen LogP contribution in [0.25, 0.3) is 0 Å². The zero-order valence-corrected chi connectivity index (χ0v) is 8.97. The van der Waals surface area contributed by atoms with Crippen LogP contribution in [0, 0.1) is 0 Å². The average Bonchev–Trinajstić information content (AvgIpc) is 2.26. The molecule has 4 nitrogen and oxygen atoms in total. The van der Waals surface area contributed by atoms with Gasteiger partial charge in [-0.15, -0.1) is 9.60 Å². The molecule has 0 spiro atoms. The minimum Gasteiger partial charge on any atom is -0.480 e. The Morgan fingerprint density at radius 2 is 2.12 bits per heavy atom. The predicted molar refractivity (Wildman–Crippen MR) is 56.4 cm³/mol. The molecule has 1 N–H and O–H groups in total. The topological polar surface area (TPSA) is 49.8 Å². The third kappa shape index (κ3) is 3.60. The molecule has 0 fully saturated rings. The fourth-order valence-electron chi connectivity index (χ4n) is 1.30. The lowest BCUT2D eigenvalue weighted by Crippen LogP contribution is -2.38. The summed E-state index contributed by atoms with van der Waals surface area (Å²) in [6, 6.07) is 7.56. The predicted octanol–water partition coefficient (Wildman–Crippen LogP) is 1.47. The number of halogens is 1. The number of carboxylic acids is 1. The normalized spacial score (nSPS) is 12.7. The Balaban J connectivity index is 2.62. The van der Waals surface area contributed by atoms with Gasteiger partial charge in [0.2, 0.25) is 0 Å². The zero-order chi connectivity index (χ0) is 12.0. The molecule has 0 saturated carbocycles. The highest BCUT2D eigenvalue weighted by atomic mass is 19.2. The van der Waals surface area contributed by atoms with Gasteiger partial charge >= 0.3 is 5.97 Å². The number of hydrogen-bond acceptors (Lipinski definition) is 3.